The van der Waals surface area contributed by atoms with Crippen LogP contribution in [0.25, 0.3) is 0 Å². The van der Waals surface area contributed by atoms with Gasteiger partial charge in [-0.15, -0.1) is 0 Å². The average Bonchev–Trinajstić information content (AvgIpc) is 2.67. The van der Waals surface area contributed by atoms with Crippen molar-refractivity contribution < 1.29 is 14.3 Å². The molecular formula is C21H23NO3. The third-order valence-corrected chi connectivity index (χ3v) is 4.66. The van der Waals surface area contributed by atoms with E-state index in [1.807, 2.05) is 61.5 Å². The zero-order valence-corrected chi connectivity index (χ0v) is 14.5. The highest BCUT2D eigenvalue weighted by Gasteiger charge is 2.28. The van der Waals surface area contributed by atoms with Crippen molar-refractivity contribution in [1.82, 2.24) is 4.90 Å². The number of hydrogen-bond acceptors (Lipinski definition) is 3. The van der Waals surface area contributed by atoms with E-state index in [2.05, 4.69) is 0 Å². The Morgan fingerprint density at radius 3 is 2.28 bits per heavy atom. The fraction of sp³-hybridized carbons (Fsp3) is 0.333. The van der Waals surface area contributed by atoms with E-state index in [1.165, 1.54) is 0 Å². The van der Waals surface area contributed by atoms with Gasteiger partial charge in [0.1, 0.15) is 5.75 Å². The van der Waals surface area contributed by atoms with Crippen molar-refractivity contribution in [2.24, 2.45) is 5.92 Å². The van der Waals surface area contributed by atoms with Crippen LogP contribution in [0.4, 0.5) is 0 Å². The van der Waals surface area contributed by atoms with Crippen molar-refractivity contribution in [3.8, 4) is 5.75 Å². The number of hydrogen-bond donors (Lipinski definition) is 0. The van der Waals surface area contributed by atoms with Crippen molar-refractivity contribution in [2.75, 3.05) is 19.7 Å². The maximum Gasteiger partial charge on any atom is 0.260 e. The summed E-state index contributed by atoms with van der Waals surface area (Å²) in [6, 6.07) is 17.0. The van der Waals surface area contributed by atoms with Crippen molar-refractivity contribution in [3.05, 3.63) is 65.7 Å². The molecule has 3 rings (SSSR count). The quantitative estimate of drug-likeness (QED) is 0.785. The van der Waals surface area contributed by atoms with E-state index in [-0.39, 0.29) is 24.2 Å². The van der Waals surface area contributed by atoms with Crippen molar-refractivity contribution in [2.45, 2.75) is 19.8 Å². The monoisotopic (exact) mass is 337 g/mol. The molecule has 4 heteroatoms. The van der Waals surface area contributed by atoms with Gasteiger partial charge in [-0.3, -0.25) is 9.59 Å². The lowest BCUT2D eigenvalue weighted by Crippen LogP contribution is -2.42. The van der Waals surface area contributed by atoms with Gasteiger partial charge in [0.15, 0.2) is 12.4 Å². The number of para-hydroxylation sites is 1. The number of carbonyl (C=O) groups is 2. The largest absolute Gasteiger partial charge is 0.484 e. The minimum Gasteiger partial charge on any atom is -0.484 e. The highest BCUT2D eigenvalue weighted by molar-refractivity contribution is 5.98. The molecule has 130 valence electrons. The summed E-state index contributed by atoms with van der Waals surface area (Å²) in [7, 11) is 0. The second kappa shape index (κ2) is 7.97. The lowest BCUT2D eigenvalue weighted by Gasteiger charge is -2.31. The summed E-state index contributed by atoms with van der Waals surface area (Å²) < 4.78 is 5.52. The number of rotatable bonds is 5. The highest BCUT2D eigenvalue weighted by Crippen LogP contribution is 2.22. The number of nitrogens with zero attached hydrogens (tertiary/aromatic N) is 1. The molecule has 1 aliphatic heterocycles. The van der Waals surface area contributed by atoms with Crippen LogP contribution in [0.2, 0.25) is 0 Å². The third kappa shape index (κ3) is 4.47. The smallest absolute Gasteiger partial charge is 0.260 e. The van der Waals surface area contributed by atoms with Crippen molar-refractivity contribution in [1.29, 1.82) is 0 Å². The molecule has 1 saturated heterocycles. The second-order valence-electron chi connectivity index (χ2n) is 6.49. The standard InChI is InChI=1S/C21H23NO3/c1-16-7-9-17(10-8-16)21(24)18-11-13-22(14-12-18)20(23)15-25-19-5-3-2-4-6-19/h2-10,18H,11-15H2,1H3. The van der Waals surface area contributed by atoms with Gasteiger partial charge < -0.3 is 9.64 Å². The molecule has 0 saturated carbocycles. The Balaban J connectivity index is 1.48. The SMILES string of the molecule is Cc1ccc(C(=O)C2CCN(C(=O)COc3ccccc3)CC2)cc1. The van der Waals surface area contributed by atoms with Crippen LogP contribution >= 0.6 is 0 Å². The zero-order valence-electron chi connectivity index (χ0n) is 14.5. The molecular weight excluding hydrogens is 314 g/mol. The highest BCUT2D eigenvalue weighted by atomic mass is 16.5. The van der Waals surface area contributed by atoms with Crippen LogP contribution in [0.1, 0.15) is 28.8 Å². The van der Waals surface area contributed by atoms with Gasteiger partial charge in [-0.2, -0.15) is 0 Å². The Labute approximate surface area is 148 Å². The van der Waals surface area contributed by atoms with Gasteiger partial charge in [-0.05, 0) is 31.9 Å². The molecule has 1 fully saturated rings. The predicted molar refractivity (Wildman–Crippen MR) is 96.8 cm³/mol. The molecule has 2 aromatic carbocycles. The van der Waals surface area contributed by atoms with Crippen molar-refractivity contribution in [3.63, 3.8) is 0 Å². The molecule has 0 bridgehead atoms. The van der Waals surface area contributed by atoms with Crippen LogP contribution in [0.3, 0.4) is 0 Å². The summed E-state index contributed by atoms with van der Waals surface area (Å²) in [6.07, 6.45) is 1.42. The van der Waals surface area contributed by atoms with Crippen LogP contribution in [0, 0.1) is 12.8 Å². The molecule has 0 aliphatic carbocycles. The fourth-order valence-corrected chi connectivity index (χ4v) is 3.10. The summed E-state index contributed by atoms with van der Waals surface area (Å²) in [5.74, 6) is 0.861. The Kier molecular flexibility index (Phi) is 5.49. The number of piperidine rings is 1. The Morgan fingerprint density at radius 1 is 1.00 bits per heavy atom. The number of likely N-dealkylation sites (tertiary alicyclic amines) is 1. The molecule has 0 N–H and O–H groups in total. The van der Waals surface area contributed by atoms with Crippen LogP contribution in [0.15, 0.2) is 54.6 Å². The van der Waals surface area contributed by atoms with Gasteiger partial charge in [-0.25, -0.2) is 0 Å². The van der Waals surface area contributed by atoms with Crippen molar-refractivity contribution >= 4 is 11.7 Å². The van der Waals surface area contributed by atoms with E-state index in [9.17, 15) is 9.59 Å². The second-order valence-corrected chi connectivity index (χ2v) is 6.49. The molecule has 0 unspecified atom stereocenters. The van der Waals surface area contributed by atoms with E-state index in [0.29, 0.717) is 31.7 Å². The lowest BCUT2D eigenvalue weighted by molar-refractivity contribution is -0.134. The van der Waals surface area contributed by atoms with Crippen LogP contribution in [-0.2, 0) is 4.79 Å². The predicted octanol–water partition coefficient (Wildman–Crippen LogP) is 3.50. The van der Waals surface area contributed by atoms with Gasteiger partial charge in [0.05, 0.1) is 0 Å². The minimum absolute atomic E-state index is 0.00166. The van der Waals surface area contributed by atoms with E-state index in [4.69, 9.17) is 4.74 Å². The summed E-state index contributed by atoms with van der Waals surface area (Å²) in [4.78, 5) is 26.6. The molecule has 4 nitrogen and oxygen atoms in total. The Morgan fingerprint density at radius 2 is 1.64 bits per heavy atom. The maximum atomic E-state index is 12.6. The summed E-state index contributed by atoms with van der Waals surface area (Å²) in [5.41, 5.74) is 1.91. The molecule has 25 heavy (non-hydrogen) atoms. The fourth-order valence-electron chi connectivity index (χ4n) is 3.10. The number of aryl methyl sites for hydroxylation is 1. The number of carbonyl (C=O) groups excluding carboxylic acids is 2. The number of ketones is 1. The van der Waals surface area contributed by atoms with Crippen LogP contribution in [0.5, 0.6) is 5.75 Å². The summed E-state index contributed by atoms with van der Waals surface area (Å²) in [5, 5.41) is 0. The number of amides is 1. The molecule has 0 radical (unpaired) electrons. The molecule has 1 heterocycles. The summed E-state index contributed by atoms with van der Waals surface area (Å²) >= 11 is 0. The number of ether oxygens (including phenoxy) is 1. The van der Waals surface area contributed by atoms with Gasteiger partial charge in [0, 0.05) is 24.6 Å². The third-order valence-electron chi connectivity index (χ3n) is 4.66. The molecule has 1 aliphatic rings. The zero-order chi connectivity index (χ0) is 17.6. The first-order chi connectivity index (χ1) is 12.1. The van der Waals surface area contributed by atoms with Crippen LogP contribution < -0.4 is 4.74 Å². The normalized spacial score (nSPS) is 15.0. The Bertz CT molecular complexity index is 717. The first-order valence-corrected chi connectivity index (χ1v) is 8.70. The van der Waals surface area contributed by atoms with Gasteiger partial charge in [0.25, 0.3) is 5.91 Å². The summed E-state index contributed by atoms with van der Waals surface area (Å²) in [6.45, 7) is 3.27. The molecule has 1 amide bonds. The van der Waals surface area contributed by atoms with Gasteiger partial charge >= 0.3 is 0 Å². The topological polar surface area (TPSA) is 46.6 Å². The van der Waals surface area contributed by atoms with E-state index < -0.39 is 0 Å². The van der Waals surface area contributed by atoms with Gasteiger partial charge in [0.2, 0.25) is 0 Å². The average molecular weight is 337 g/mol. The van der Waals surface area contributed by atoms with Crippen LogP contribution in [-0.4, -0.2) is 36.3 Å². The molecule has 0 aromatic heterocycles. The van der Waals surface area contributed by atoms with Gasteiger partial charge in [-0.1, -0.05) is 48.0 Å². The minimum atomic E-state index is -0.0231. The molecule has 0 spiro atoms. The maximum absolute atomic E-state index is 12.6. The first-order valence-electron chi connectivity index (χ1n) is 8.70. The number of Topliss-reactive ketones (excluding diaryl/α,β-unsaturated/α-hetero) is 1. The molecule has 2 aromatic rings. The lowest BCUT2D eigenvalue weighted by atomic mass is 9.88. The van der Waals surface area contributed by atoms with E-state index in [1.54, 1.807) is 4.90 Å². The number of benzene rings is 2. The Hall–Kier alpha value is -2.62. The van der Waals surface area contributed by atoms with E-state index >= 15 is 0 Å². The molecule has 0 atom stereocenters. The van der Waals surface area contributed by atoms with E-state index in [0.717, 1.165) is 11.1 Å². The first kappa shape index (κ1) is 17.2.